The van der Waals surface area contributed by atoms with Gasteiger partial charge in [-0.3, -0.25) is 0 Å². The summed E-state index contributed by atoms with van der Waals surface area (Å²) in [6.07, 6.45) is 7.04. The maximum Gasteiger partial charge on any atom is 0.412 e. The van der Waals surface area contributed by atoms with Crippen LogP contribution in [0.1, 0.15) is 86.9 Å². The van der Waals surface area contributed by atoms with Crippen molar-refractivity contribution in [1.29, 1.82) is 0 Å². The minimum Gasteiger partial charge on any atom is -0.507 e. The van der Waals surface area contributed by atoms with Gasteiger partial charge in [0.05, 0.1) is 0 Å². The van der Waals surface area contributed by atoms with Gasteiger partial charge in [0.1, 0.15) is 22.7 Å². The van der Waals surface area contributed by atoms with Gasteiger partial charge in [0.15, 0.2) is 11.7 Å². The number of quaternary nitrogens is 1. The summed E-state index contributed by atoms with van der Waals surface area (Å²) in [7, 11) is 0. The molecule has 4 aromatic carbocycles. The number of hydrogen-bond donors (Lipinski definition) is 5. The number of carbonyl (C=O) groups excluding carboxylic acids is 1. The number of fused-ring (bicyclic) bond motifs is 1. The van der Waals surface area contributed by atoms with Gasteiger partial charge in [-0.15, -0.1) is 10.7 Å². The Morgan fingerprint density at radius 3 is 1.96 bits per heavy atom. The van der Waals surface area contributed by atoms with Crippen LogP contribution in [0, 0.1) is 4.91 Å². The Bertz CT molecular complexity index is 1860. The molecule has 13 nitrogen and oxygen atoms in total. The molecule has 5 rings (SSSR count). The van der Waals surface area contributed by atoms with Gasteiger partial charge in [-0.1, -0.05) is 117 Å². The van der Waals surface area contributed by atoms with Crippen molar-refractivity contribution >= 4 is 41.8 Å². The van der Waals surface area contributed by atoms with Gasteiger partial charge in [0.2, 0.25) is 0 Å². The van der Waals surface area contributed by atoms with Gasteiger partial charge in [0, 0.05) is 70.1 Å². The second kappa shape index (κ2) is 23.7. The smallest absolute Gasteiger partial charge is 0.412 e. The number of hydrogen-bond acceptors (Lipinski definition) is 10. The van der Waals surface area contributed by atoms with E-state index in [0.29, 0.717) is 35.8 Å². The Hall–Kier alpha value is -4.15. The molecule has 0 aliphatic carbocycles. The molecular weight excluding hydrogens is 775 g/mol. The van der Waals surface area contributed by atoms with Crippen LogP contribution < -0.4 is 32.1 Å². The zero-order valence-electron chi connectivity index (χ0n) is 32.4. The molecular formula is C41H53N7O6Y. The Morgan fingerprint density at radius 2 is 1.45 bits per heavy atom. The first kappa shape index (κ1) is 47.0. The standard InChI is InChI=1S/C21H26N2O3.C18H21N5O3.C2H6.Y/c1-14(2)20-18(24)11-17(10-9-16-7-5-4-6-8-16)12-19(20)26-21(25)23-15(3)13-22;1-13-18-16(21-24)11-15(8-7-14-5-3-2-4-6-14)12-17(18)23(13,20)26-22-25-10-9-19;1-2;/h4-12,14-15,24H,13,22H2,1-3H3,(H,23,25);2-8,11-13H,9-10,19-20H2,1H3;1-2H3;/b10-9+;8-7+;;. The molecule has 0 aromatic heterocycles. The van der Waals surface area contributed by atoms with E-state index in [4.69, 9.17) is 31.8 Å². The number of hydroxylamine groups is 1. The molecule has 1 heterocycles. The summed E-state index contributed by atoms with van der Waals surface area (Å²) >= 11 is 0. The molecule has 1 amide bonds. The molecule has 0 fully saturated rings. The number of nitrogens with one attached hydrogen (secondary N) is 1. The van der Waals surface area contributed by atoms with Crippen molar-refractivity contribution in [2.45, 2.75) is 59.5 Å². The SMILES string of the molecule is CC.CC(CN)NC(=O)Oc1cc(/C=C/c2ccccc2)cc(O)c1C(C)C.CC1c2c(N=O)cc(/C=C/c3ccccc3)cc2[N+]1(N)O[N-]OCCN.[Y]. The van der Waals surface area contributed by atoms with Crippen molar-refractivity contribution in [1.82, 2.24) is 10.1 Å². The zero-order chi connectivity index (χ0) is 39.7. The third-order valence-electron chi connectivity index (χ3n) is 8.23. The van der Waals surface area contributed by atoms with E-state index < -0.39 is 10.8 Å². The summed E-state index contributed by atoms with van der Waals surface area (Å²) in [5.41, 5.74) is 20.3. The number of rotatable bonds is 14. The summed E-state index contributed by atoms with van der Waals surface area (Å²) in [5, 5.41) is 16.2. The van der Waals surface area contributed by atoms with Crippen molar-refractivity contribution < 1.29 is 57.1 Å². The first-order valence-electron chi connectivity index (χ1n) is 17.9. The van der Waals surface area contributed by atoms with Gasteiger partial charge >= 0.3 is 6.09 Å². The predicted molar refractivity (Wildman–Crippen MR) is 218 cm³/mol. The minimum absolute atomic E-state index is 0. The topological polar surface area (TPSA) is 199 Å². The number of aromatic hydroxyl groups is 1. The molecule has 14 heteroatoms. The molecule has 55 heavy (non-hydrogen) atoms. The van der Waals surface area contributed by atoms with Gasteiger partial charge in [-0.25, -0.2) is 9.73 Å². The normalized spacial score (nSPS) is 16.1. The number of amides is 1. The molecule has 4 aromatic rings. The Labute approximate surface area is 349 Å². The molecule has 1 aliphatic rings. The van der Waals surface area contributed by atoms with E-state index in [0.717, 1.165) is 27.8 Å². The van der Waals surface area contributed by atoms with Crippen molar-refractivity contribution in [2.75, 3.05) is 19.7 Å². The minimum atomic E-state index is -0.589. The Balaban J connectivity index is 0.000000358. The summed E-state index contributed by atoms with van der Waals surface area (Å²) in [5.74, 6) is 6.72. The Morgan fingerprint density at radius 1 is 0.909 bits per heavy atom. The van der Waals surface area contributed by atoms with Crippen LogP contribution in [0.15, 0.2) is 90.1 Å². The van der Waals surface area contributed by atoms with E-state index in [1.165, 1.54) is 0 Å². The second-order valence-electron chi connectivity index (χ2n) is 12.5. The predicted octanol–water partition coefficient (Wildman–Crippen LogP) is 8.77. The van der Waals surface area contributed by atoms with E-state index in [2.05, 4.69) is 16.1 Å². The summed E-state index contributed by atoms with van der Waals surface area (Å²) < 4.78 is 5.03. The quantitative estimate of drug-likeness (QED) is 0.0206. The Kier molecular flexibility index (Phi) is 20.3. The number of ether oxygens (including phenoxy) is 1. The van der Waals surface area contributed by atoms with Crippen LogP contribution >= 0.6 is 0 Å². The zero-order valence-corrected chi connectivity index (χ0v) is 35.2. The maximum absolute atomic E-state index is 12.1. The fourth-order valence-electron chi connectivity index (χ4n) is 5.45. The molecule has 3 atom stereocenters. The first-order chi connectivity index (χ1) is 26.0. The molecule has 1 aliphatic heterocycles. The number of nitrogens with zero attached hydrogens (tertiary/aromatic N) is 3. The maximum atomic E-state index is 12.1. The monoisotopic (exact) mass is 828 g/mol. The summed E-state index contributed by atoms with van der Waals surface area (Å²) in [6.45, 7) is 12.3. The second-order valence-corrected chi connectivity index (χ2v) is 12.5. The van der Waals surface area contributed by atoms with E-state index in [1.807, 2.05) is 126 Å². The molecule has 3 unspecified atom stereocenters. The fraction of sp³-hybridized carbons (Fsp3) is 0.293. The summed E-state index contributed by atoms with van der Waals surface area (Å²) in [6, 6.07) is 26.2. The van der Waals surface area contributed by atoms with Crippen LogP contribution in [-0.2, 0) is 42.5 Å². The van der Waals surface area contributed by atoms with Gasteiger partial charge < -0.3 is 37.1 Å². The number of carbonyl (C=O) groups is 1. The van der Waals surface area contributed by atoms with Crippen molar-refractivity contribution in [3.63, 3.8) is 0 Å². The molecule has 1 radical (unpaired) electrons. The van der Waals surface area contributed by atoms with Gasteiger partial charge in [-0.2, -0.15) is 0 Å². The molecule has 0 saturated heterocycles. The summed E-state index contributed by atoms with van der Waals surface area (Å²) in [4.78, 5) is 33.6. The van der Waals surface area contributed by atoms with Crippen LogP contribution in [0.25, 0.3) is 29.9 Å². The van der Waals surface area contributed by atoms with E-state index in [-0.39, 0.29) is 63.1 Å². The fourth-order valence-corrected chi connectivity index (χ4v) is 5.45. The van der Waals surface area contributed by atoms with E-state index in [1.54, 1.807) is 25.1 Å². The molecule has 8 N–H and O–H groups in total. The first-order valence-corrected chi connectivity index (χ1v) is 17.9. The van der Waals surface area contributed by atoms with Crippen molar-refractivity contribution in [2.24, 2.45) is 22.5 Å². The number of benzene rings is 4. The average molecular weight is 829 g/mol. The van der Waals surface area contributed by atoms with Gasteiger partial charge in [0.25, 0.3) is 0 Å². The number of nitrogens with two attached hydrogens (primary N) is 3. The third kappa shape index (κ3) is 13.2. The number of nitroso groups, excluding NO2 is 1. The van der Waals surface area contributed by atoms with Crippen LogP contribution in [0.2, 0.25) is 0 Å². The average Bonchev–Trinajstić information content (AvgIpc) is 3.18. The van der Waals surface area contributed by atoms with Crippen LogP contribution in [-0.4, -0.2) is 36.9 Å². The molecule has 0 saturated carbocycles. The number of phenols is 1. The molecule has 0 spiro atoms. The van der Waals surface area contributed by atoms with E-state index in [9.17, 15) is 14.8 Å². The van der Waals surface area contributed by atoms with Crippen LogP contribution in [0.3, 0.4) is 0 Å². The molecule has 0 bridgehead atoms. The largest absolute Gasteiger partial charge is 0.507 e. The third-order valence-corrected chi connectivity index (χ3v) is 8.23. The number of phenolic OH excluding ortho intramolecular Hbond substituents is 1. The van der Waals surface area contributed by atoms with E-state index >= 15 is 0 Å². The van der Waals surface area contributed by atoms with Crippen molar-refractivity contribution in [3.8, 4) is 11.5 Å². The van der Waals surface area contributed by atoms with Crippen LogP contribution in [0.4, 0.5) is 16.2 Å². The van der Waals surface area contributed by atoms with Crippen molar-refractivity contribution in [3.05, 3.63) is 129 Å². The van der Waals surface area contributed by atoms with Gasteiger partial charge in [-0.05, 0) is 65.4 Å². The molecule has 291 valence electrons. The van der Waals surface area contributed by atoms with Crippen LogP contribution in [0.5, 0.6) is 11.5 Å².